The Morgan fingerprint density at radius 2 is 1.91 bits per heavy atom. The van der Waals surface area contributed by atoms with Crippen molar-refractivity contribution < 1.29 is 26.4 Å². The molecule has 0 radical (unpaired) electrons. The van der Waals surface area contributed by atoms with Gasteiger partial charge in [0.25, 0.3) is 15.9 Å². The first-order valence-electron chi connectivity index (χ1n) is 10.6. The Morgan fingerprint density at radius 3 is 2.47 bits per heavy atom. The van der Waals surface area contributed by atoms with Crippen LogP contribution < -0.4 is 5.32 Å². The molecule has 1 saturated heterocycles. The van der Waals surface area contributed by atoms with Crippen LogP contribution in [0.25, 0.3) is 0 Å². The third kappa shape index (κ3) is 4.92. The number of aryl methyl sites for hydroxylation is 1. The standard InChI is InChI=1S/C20H24ClF3N6O3S/c1-28-11-17(26-27-28)34(32,33)30-8-6-29(7-9-30)19(4-5-20(23,24)12-19)13-25-18(31)15-3-2-14(22)10-16(15)21/h2-3,10-11H,4-9,12-13H2,1H3,(H,25,31). The highest BCUT2D eigenvalue weighted by Crippen LogP contribution is 2.45. The molecule has 1 amide bonds. The number of hydrogen-bond donors (Lipinski definition) is 1. The Hall–Kier alpha value is -2.22. The maximum absolute atomic E-state index is 14.3. The van der Waals surface area contributed by atoms with Crippen molar-refractivity contribution in [1.82, 2.24) is 29.5 Å². The van der Waals surface area contributed by atoms with Crippen molar-refractivity contribution in [3.63, 3.8) is 0 Å². The number of benzene rings is 1. The molecule has 1 aliphatic carbocycles. The number of halogens is 4. The summed E-state index contributed by atoms with van der Waals surface area (Å²) in [5.74, 6) is -4.09. The van der Waals surface area contributed by atoms with Crippen molar-refractivity contribution in [3.05, 3.63) is 40.8 Å². The molecule has 4 rings (SSSR count). The van der Waals surface area contributed by atoms with Crippen molar-refractivity contribution in [2.45, 2.75) is 35.7 Å². The van der Waals surface area contributed by atoms with Crippen LogP contribution in [-0.2, 0) is 17.1 Å². The van der Waals surface area contributed by atoms with Gasteiger partial charge in [0.2, 0.25) is 10.9 Å². The van der Waals surface area contributed by atoms with E-state index in [-0.39, 0.29) is 61.2 Å². The molecule has 9 nitrogen and oxygen atoms in total. The molecule has 1 aromatic carbocycles. The second-order valence-electron chi connectivity index (χ2n) is 8.69. The van der Waals surface area contributed by atoms with Crippen molar-refractivity contribution in [2.24, 2.45) is 7.05 Å². The molecule has 1 atom stereocenters. The molecule has 1 aromatic heterocycles. The number of carbonyl (C=O) groups is 1. The van der Waals surface area contributed by atoms with Gasteiger partial charge in [0.15, 0.2) is 0 Å². The average Bonchev–Trinajstić information content (AvgIpc) is 3.36. The smallest absolute Gasteiger partial charge is 0.264 e. The minimum absolute atomic E-state index is 0.0443. The largest absolute Gasteiger partial charge is 0.350 e. The molecule has 2 aromatic rings. The highest BCUT2D eigenvalue weighted by Gasteiger charge is 2.53. The Bertz CT molecular complexity index is 1190. The van der Waals surface area contributed by atoms with Crippen LogP contribution in [0.15, 0.2) is 29.4 Å². The Balaban J connectivity index is 1.47. The van der Waals surface area contributed by atoms with Crippen molar-refractivity contribution in [2.75, 3.05) is 32.7 Å². The van der Waals surface area contributed by atoms with Crippen LogP contribution in [0.5, 0.6) is 0 Å². The summed E-state index contributed by atoms with van der Waals surface area (Å²) in [6.07, 6.45) is 0.637. The second-order valence-corrected chi connectivity index (χ2v) is 11.0. The fourth-order valence-corrected chi connectivity index (χ4v) is 6.19. The van der Waals surface area contributed by atoms with Gasteiger partial charge >= 0.3 is 0 Å². The third-order valence-electron chi connectivity index (χ3n) is 6.39. The number of rotatable bonds is 6. The van der Waals surface area contributed by atoms with Gasteiger partial charge in [-0.1, -0.05) is 16.8 Å². The fourth-order valence-electron chi connectivity index (χ4n) is 4.60. The van der Waals surface area contributed by atoms with E-state index in [4.69, 9.17) is 11.6 Å². The number of carbonyl (C=O) groups excluding carboxylic acids is 1. The molecule has 1 aliphatic heterocycles. The van der Waals surface area contributed by atoms with Crippen LogP contribution in [0.4, 0.5) is 13.2 Å². The van der Waals surface area contributed by atoms with Crippen LogP contribution >= 0.6 is 11.6 Å². The molecule has 2 aliphatic rings. The first kappa shape index (κ1) is 24.9. The topological polar surface area (TPSA) is 100 Å². The number of piperazine rings is 1. The van der Waals surface area contributed by atoms with E-state index in [0.717, 1.165) is 12.1 Å². The van der Waals surface area contributed by atoms with Crippen molar-refractivity contribution >= 4 is 27.5 Å². The van der Waals surface area contributed by atoms with Gasteiger partial charge in [-0.05, 0) is 24.6 Å². The van der Waals surface area contributed by atoms with Crippen LogP contribution in [0.3, 0.4) is 0 Å². The quantitative estimate of drug-likeness (QED) is 0.624. The molecule has 2 fully saturated rings. The summed E-state index contributed by atoms with van der Waals surface area (Å²) in [6.45, 7) is 0.519. The molecule has 1 unspecified atom stereocenters. The molecule has 1 N–H and O–H groups in total. The van der Waals surface area contributed by atoms with E-state index in [1.54, 1.807) is 7.05 Å². The van der Waals surface area contributed by atoms with Crippen LogP contribution in [0.2, 0.25) is 5.02 Å². The zero-order valence-corrected chi connectivity index (χ0v) is 19.9. The van der Waals surface area contributed by atoms with Crippen LogP contribution in [-0.4, -0.2) is 82.7 Å². The molecule has 34 heavy (non-hydrogen) atoms. The minimum Gasteiger partial charge on any atom is -0.350 e. The predicted molar refractivity (Wildman–Crippen MR) is 117 cm³/mol. The summed E-state index contributed by atoms with van der Waals surface area (Å²) >= 11 is 5.95. The van der Waals surface area contributed by atoms with E-state index < -0.39 is 39.6 Å². The Labute approximate surface area is 199 Å². The predicted octanol–water partition coefficient (Wildman–Crippen LogP) is 1.90. The van der Waals surface area contributed by atoms with E-state index in [9.17, 15) is 26.4 Å². The molecule has 0 spiro atoms. The van der Waals surface area contributed by atoms with Crippen molar-refractivity contribution in [1.29, 1.82) is 0 Å². The molecule has 2 heterocycles. The number of nitrogens with zero attached hydrogens (tertiary/aromatic N) is 5. The average molecular weight is 521 g/mol. The number of sulfonamides is 1. The van der Waals surface area contributed by atoms with Crippen LogP contribution in [0.1, 0.15) is 29.6 Å². The van der Waals surface area contributed by atoms with Gasteiger partial charge in [0.05, 0.1) is 16.8 Å². The van der Waals surface area contributed by atoms with E-state index in [1.807, 2.05) is 4.90 Å². The summed E-state index contributed by atoms with van der Waals surface area (Å²) in [5.41, 5.74) is -1.00. The van der Waals surface area contributed by atoms with Gasteiger partial charge in [-0.25, -0.2) is 21.6 Å². The minimum atomic E-state index is -3.85. The lowest BCUT2D eigenvalue weighted by atomic mass is 9.93. The highest BCUT2D eigenvalue weighted by molar-refractivity contribution is 7.89. The summed E-state index contributed by atoms with van der Waals surface area (Å²) in [5, 5.41) is 9.75. The van der Waals surface area contributed by atoms with Gasteiger partial charge in [-0.3, -0.25) is 14.4 Å². The monoisotopic (exact) mass is 520 g/mol. The van der Waals surface area contributed by atoms with Gasteiger partial charge in [-0.2, -0.15) is 4.31 Å². The lowest BCUT2D eigenvalue weighted by molar-refractivity contribution is -0.0217. The zero-order chi connectivity index (χ0) is 24.7. The SMILES string of the molecule is Cn1cc(S(=O)(=O)N2CCN(C3(CNC(=O)c4ccc(F)cc4Cl)CCC(F)(F)C3)CC2)nn1. The van der Waals surface area contributed by atoms with Crippen molar-refractivity contribution in [3.8, 4) is 0 Å². The normalized spacial score (nSPS) is 23.8. The maximum Gasteiger partial charge on any atom is 0.264 e. The zero-order valence-electron chi connectivity index (χ0n) is 18.3. The third-order valence-corrected chi connectivity index (χ3v) is 8.47. The second kappa shape index (κ2) is 9.10. The lowest BCUT2D eigenvalue weighted by Crippen LogP contribution is -2.61. The van der Waals surface area contributed by atoms with E-state index >= 15 is 0 Å². The summed E-state index contributed by atoms with van der Waals surface area (Å²) in [4.78, 5) is 14.5. The van der Waals surface area contributed by atoms with Gasteiger partial charge in [0.1, 0.15) is 5.82 Å². The first-order valence-corrected chi connectivity index (χ1v) is 12.5. The van der Waals surface area contributed by atoms with Gasteiger partial charge in [0, 0.05) is 58.2 Å². The number of alkyl halides is 2. The molecule has 186 valence electrons. The highest BCUT2D eigenvalue weighted by atomic mass is 35.5. The summed E-state index contributed by atoms with van der Waals surface area (Å²) in [6, 6.07) is 3.34. The fraction of sp³-hybridized carbons (Fsp3) is 0.550. The molecule has 14 heteroatoms. The van der Waals surface area contributed by atoms with E-state index in [2.05, 4.69) is 15.6 Å². The molecule has 0 bridgehead atoms. The van der Waals surface area contributed by atoms with Crippen LogP contribution in [0, 0.1) is 5.82 Å². The van der Waals surface area contributed by atoms with E-state index in [1.165, 1.54) is 21.3 Å². The molecule has 1 saturated carbocycles. The number of amides is 1. The summed E-state index contributed by atoms with van der Waals surface area (Å²) < 4.78 is 70.1. The Kier molecular flexibility index (Phi) is 6.66. The Morgan fingerprint density at radius 1 is 1.21 bits per heavy atom. The number of aromatic nitrogens is 3. The number of nitrogens with one attached hydrogen (secondary N) is 1. The number of hydrogen-bond acceptors (Lipinski definition) is 6. The lowest BCUT2D eigenvalue weighted by Gasteiger charge is -2.45. The molecular weight excluding hydrogens is 497 g/mol. The summed E-state index contributed by atoms with van der Waals surface area (Å²) in [7, 11) is -2.29. The first-order chi connectivity index (χ1) is 15.9. The van der Waals surface area contributed by atoms with E-state index in [0.29, 0.717) is 0 Å². The maximum atomic E-state index is 14.3. The van der Waals surface area contributed by atoms with Gasteiger partial charge < -0.3 is 5.32 Å². The molecular formula is C20H24ClF3N6O3S. The van der Waals surface area contributed by atoms with Gasteiger partial charge in [-0.15, -0.1) is 5.10 Å².